The summed E-state index contributed by atoms with van der Waals surface area (Å²) in [6.45, 7) is 3.78. The molecule has 2 amide bonds. The van der Waals surface area contributed by atoms with Gasteiger partial charge in [-0.3, -0.25) is 19.2 Å². The Balaban J connectivity index is 1.99. The summed E-state index contributed by atoms with van der Waals surface area (Å²) in [5.41, 5.74) is 3.19. The van der Waals surface area contributed by atoms with Crippen molar-refractivity contribution in [1.29, 1.82) is 0 Å². The molecule has 1 aromatic carbocycles. The molecular formula is C31H50N2O6. The Morgan fingerprint density at radius 1 is 0.949 bits per heavy atom. The summed E-state index contributed by atoms with van der Waals surface area (Å²) in [4.78, 5) is 43.0. The molecule has 3 atom stereocenters. The third-order valence-corrected chi connectivity index (χ3v) is 7.54. The summed E-state index contributed by atoms with van der Waals surface area (Å²) < 4.78 is 5.26. The molecule has 0 spiro atoms. The van der Waals surface area contributed by atoms with Crippen LogP contribution in [0, 0.1) is 11.8 Å². The van der Waals surface area contributed by atoms with Crippen LogP contribution in [0.1, 0.15) is 109 Å². The first-order valence-electron chi connectivity index (χ1n) is 15.0. The van der Waals surface area contributed by atoms with E-state index in [0.29, 0.717) is 18.8 Å². The maximum absolute atomic E-state index is 13.5. The highest BCUT2D eigenvalue weighted by molar-refractivity contribution is 5.88. The van der Waals surface area contributed by atoms with Crippen LogP contribution in [0.15, 0.2) is 30.3 Å². The van der Waals surface area contributed by atoms with Gasteiger partial charge in [0.05, 0.1) is 18.6 Å². The third-order valence-electron chi connectivity index (χ3n) is 7.54. The monoisotopic (exact) mass is 546 g/mol. The SMILES string of the molecule is CCCCCCCCC[C@@H](C(=O)N[C@H](COC(C)=O)CC1CCCCC1)[C@H](O)C(=O)NOCc1ccccc1. The fourth-order valence-electron chi connectivity index (χ4n) is 5.28. The molecule has 8 heteroatoms. The molecule has 0 aliphatic heterocycles. The van der Waals surface area contributed by atoms with Gasteiger partial charge in [0.2, 0.25) is 5.91 Å². The summed E-state index contributed by atoms with van der Waals surface area (Å²) in [5.74, 6) is -1.99. The van der Waals surface area contributed by atoms with Gasteiger partial charge in [0, 0.05) is 6.92 Å². The van der Waals surface area contributed by atoms with Crippen LogP contribution in [0.25, 0.3) is 0 Å². The number of esters is 1. The Morgan fingerprint density at radius 2 is 1.62 bits per heavy atom. The van der Waals surface area contributed by atoms with Gasteiger partial charge >= 0.3 is 5.97 Å². The summed E-state index contributed by atoms with van der Waals surface area (Å²) in [5, 5.41) is 13.9. The predicted molar refractivity (Wildman–Crippen MR) is 151 cm³/mol. The van der Waals surface area contributed by atoms with Crippen molar-refractivity contribution in [3.8, 4) is 0 Å². The Bertz CT molecular complexity index is 828. The van der Waals surface area contributed by atoms with Gasteiger partial charge in [-0.1, -0.05) is 114 Å². The molecule has 0 aromatic heterocycles. The molecule has 8 nitrogen and oxygen atoms in total. The predicted octanol–water partition coefficient (Wildman–Crippen LogP) is 5.37. The second kappa shape index (κ2) is 19.6. The fourth-order valence-corrected chi connectivity index (χ4v) is 5.28. The van der Waals surface area contributed by atoms with Gasteiger partial charge in [0.1, 0.15) is 12.7 Å². The van der Waals surface area contributed by atoms with Crippen molar-refractivity contribution in [2.24, 2.45) is 11.8 Å². The van der Waals surface area contributed by atoms with Gasteiger partial charge in [-0.25, -0.2) is 5.48 Å². The zero-order chi connectivity index (χ0) is 28.3. The molecule has 1 saturated carbocycles. The van der Waals surface area contributed by atoms with Crippen molar-refractivity contribution in [2.75, 3.05) is 6.61 Å². The average molecular weight is 547 g/mol. The summed E-state index contributed by atoms with van der Waals surface area (Å²) in [7, 11) is 0. The van der Waals surface area contributed by atoms with Crippen molar-refractivity contribution < 1.29 is 29.1 Å². The van der Waals surface area contributed by atoms with E-state index in [9.17, 15) is 19.5 Å². The molecular weight excluding hydrogens is 496 g/mol. The Kier molecular flexibility index (Phi) is 16.5. The van der Waals surface area contributed by atoms with Crippen LogP contribution in [0.2, 0.25) is 0 Å². The fraction of sp³-hybridized carbons (Fsp3) is 0.710. The number of amides is 2. The lowest BCUT2D eigenvalue weighted by Gasteiger charge is -2.29. The van der Waals surface area contributed by atoms with E-state index in [0.717, 1.165) is 44.1 Å². The van der Waals surface area contributed by atoms with Crippen LogP contribution >= 0.6 is 0 Å². The number of nitrogens with one attached hydrogen (secondary N) is 2. The minimum atomic E-state index is -1.55. The molecule has 0 bridgehead atoms. The van der Waals surface area contributed by atoms with Crippen LogP contribution in [0.3, 0.4) is 0 Å². The first kappa shape index (κ1) is 32.8. The van der Waals surface area contributed by atoms with E-state index >= 15 is 0 Å². The van der Waals surface area contributed by atoms with Crippen LogP contribution in [0.4, 0.5) is 0 Å². The van der Waals surface area contributed by atoms with Crippen molar-refractivity contribution in [3.63, 3.8) is 0 Å². The molecule has 1 aliphatic rings. The molecule has 0 saturated heterocycles. The number of aliphatic hydroxyl groups excluding tert-OH is 1. The highest BCUT2D eigenvalue weighted by Crippen LogP contribution is 2.28. The lowest BCUT2D eigenvalue weighted by molar-refractivity contribution is -0.151. The lowest BCUT2D eigenvalue weighted by Crippen LogP contribution is -2.49. The molecule has 0 unspecified atom stereocenters. The minimum Gasteiger partial charge on any atom is -0.464 e. The van der Waals surface area contributed by atoms with Gasteiger partial charge in [-0.05, 0) is 24.3 Å². The first-order chi connectivity index (χ1) is 18.9. The van der Waals surface area contributed by atoms with E-state index in [-0.39, 0.29) is 25.2 Å². The number of rotatable bonds is 19. The first-order valence-corrected chi connectivity index (χ1v) is 15.0. The van der Waals surface area contributed by atoms with Crippen molar-refractivity contribution in [2.45, 2.75) is 122 Å². The largest absolute Gasteiger partial charge is 0.464 e. The number of hydrogen-bond acceptors (Lipinski definition) is 6. The standard InChI is InChI=1S/C31H50N2O6/c1-3-4-5-6-7-8-15-20-28(29(35)31(37)33-39-22-26-18-13-10-14-19-26)30(36)32-27(23-38-24(2)34)21-25-16-11-9-12-17-25/h10,13-14,18-19,25,27-29,35H,3-9,11-12,15-17,20-23H2,1-2H3,(H,32,36)(H,33,37)/t27-,28+,29-/m0/s1. The number of aliphatic hydroxyl groups is 1. The van der Waals surface area contributed by atoms with Gasteiger partial charge in [-0.2, -0.15) is 0 Å². The van der Waals surface area contributed by atoms with E-state index in [2.05, 4.69) is 17.7 Å². The van der Waals surface area contributed by atoms with E-state index < -0.39 is 23.9 Å². The van der Waals surface area contributed by atoms with Crippen molar-refractivity contribution in [1.82, 2.24) is 10.8 Å². The maximum Gasteiger partial charge on any atom is 0.302 e. The van der Waals surface area contributed by atoms with E-state index in [4.69, 9.17) is 9.57 Å². The maximum atomic E-state index is 13.5. The molecule has 3 N–H and O–H groups in total. The topological polar surface area (TPSA) is 114 Å². The summed E-state index contributed by atoms with van der Waals surface area (Å²) in [6, 6.07) is 9.02. The van der Waals surface area contributed by atoms with Gasteiger partial charge in [-0.15, -0.1) is 0 Å². The number of carbonyl (C=O) groups is 3. The number of ether oxygens (including phenoxy) is 1. The Morgan fingerprint density at radius 3 is 2.28 bits per heavy atom. The third kappa shape index (κ3) is 14.0. The second-order valence-electron chi connectivity index (χ2n) is 10.9. The average Bonchev–Trinajstić information content (AvgIpc) is 2.94. The van der Waals surface area contributed by atoms with Crippen LogP contribution in [-0.2, 0) is 30.6 Å². The lowest BCUT2D eigenvalue weighted by atomic mass is 9.84. The molecule has 0 radical (unpaired) electrons. The van der Waals surface area contributed by atoms with Gasteiger partial charge in [0.25, 0.3) is 5.91 Å². The van der Waals surface area contributed by atoms with Crippen molar-refractivity contribution in [3.05, 3.63) is 35.9 Å². The molecule has 0 heterocycles. The molecule has 39 heavy (non-hydrogen) atoms. The minimum absolute atomic E-state index is 0.0875. The summed E-state index contributed by atoms with van der Waals surface area (Å²) >= 11 is 0. The number of unbranched alkanes of at least 4 members (excludes halogenated alkanes) is 6. The molecule has 1 fully saturated rings. The number of carbonyl (C=O) groups excluding carboxylic acids is 3. The zero-order valence-electron chi connectivity index (χ0n) is 24.0. The molecule has 1 aliphatic carbocycles. The molecule has 220 valence electrons. The number of hydrogen-bond donors (Lipinski definition) is 3. The zero-order valence-corrected chi connectivity index (χ0v) is 24.0. The molecule has 1 aromatic rings. The van der Waals surface area contributed by atoms with Crippen LogP contribution in [0.5, 0.6) is 0 Å². The number of benzene rings is 1. The Labute approximate surface area is 234 Å². The van der Waals surface area contributed by atoms with Gasteiger partial charge in [0.15, 0.2) is 0 Å². The normalized spacial score (nSPS) is 16.2. The second-order valence-corrected chi connectivity index (χ2v) is 10.9. The van der Waals surface area contributed by atoms with Crippen molar-refractivity contribution >= 4 is 17.8 Å². The van der Waals surface area contributed by atoms with Gasteiger partial charge < -0.3 is 15.2 Å². The smallest absolute Gasteiger partial charge is 0.302 e. The highest BCUT2D eigenvalue weighted by Gasteiger charge is 2.34. The highest BCUT2D eigenvalue weighted by atomic mass is 16.7. The molecule has 2 rings (SSSR count). The Hall–Kier alpha value is -2.45. The quantitative estimate of drug-likeness (QED) is 0.122. The van der Waals surface area contributed by atoms with E-state index in [1.807, 2.05) is 30.3 Å². The number of hydroxylamine groups is 1. The van der Waals surface area contributed by atoms with E-state index in [1.165, 1.54) is 45.4 Å². The summed E-state index contributed by atoms with van der Waals surface area (Å²) in [6.07, 6.45) is 12.8. The van der Waals surface area contributed by atoms with Crippen LogP contribution in [-0.4, -0.2) is 41.6 Å². The van der Waals surface area contributed by atoms with Crippen LogP contribution < -0.4 is 10.8 Å². The van der Waals surface area contributed by atoms with E-state index in [1.54, 1.807) is 0 Å².